The molecule has 152 valence electrons. The van der Waals surface area contributed by atoms with Crippen molar-refractivity contribution < 1.29 is 9.59 Å². The minimum atomic E-state index is -0.0489. The lowest BCUT2D eigenvalue weighted by atomic mass is 9.96. The molecule has 3 heterocycles. The van der Waals surface area contributed by atoms with E-state index in [2.05, 4.69) is 25.5 Å². The molecule has 1 aromatic carbocycles. The van der Waals surface area contributed by atoms with Gasteiger partial charge in [0.2, 0.25) is 11.8 Å². The van der Waals surface area contributed by atoms with Crippen LogP contribution in [0.4, 0.5) is 17.2 Å². The van der Waals surface area contributed by atoms with Gasteiger partial charge >= 0.3 is 0 Å². The number of hydrogen-bond acceptors (Lipinski definition) is 6. The van der Waals surface area contributed by atoms with E-state index in [4.69, 9.17) is 11.6 Å². The van der Waals surface area contributed by atoms with Gasteiger partial charge in [0.15, 0.2) is 0 Å². The van der Waals surface area contributed by atoms with Crippen molar-refractivity contribution >= 4 is 40.6 Å². The zero-order chi connectivity index (χ0) is 20.2. The number of nitrogens with zero attached hydrogens (tertiary/aromatic N) is 4. The zero-order valence-corrected chi connectivity index (χ0v) is 16.7. The molecule has 2 amide bonds. The Labute approximate surface area is 174 Å². The SMILES string of the molecule is O=C1CN(c2ccc(NC(=O)C3CCN(c4cnccn4)CC3)cc2Cl)CCN1. The molecule has 2 aliphatic rings. The molecular weight excluding hydrogens is 392 g/mol. The molecule has 2 N–H and O–H groups in total. The lowest BCUT2D eigenvalue weighted by Crippen LogP contribution is -2.47. The molecular formula is C20H23ClN6O2. The van der Waals surface area contributed by atoms with Gasteiger partial charge in [-0.05, 0) is 31.0 Å². The molecule has 1 aromatic heterocycles. The first kappa shape index (κ1) is 19.4. The van der Waals surface area contributed by atoms with Crippen molar-refractivity contribution in [1.82, 2.24) is 15.3 Å². The van der Waals surface area contributed by atoms with E-state index in [0.29, 0.717) is 23.8 Å². The van der Waals surface area contributed by atoms with Gasteiger partial charge in [0.1, 0.15) is 5.82 Å². The van der Waals surface area contributed by atoms with Crippen molar-refractivity contribution in [2.45, 2.75) is 12.8 Å². The highest BCUT2D eigenvalue weighted by atomic mass is 35.5. The number of carbonyl (C=O) groups excluding carboxylic acids is 2. The van der Waals surface area contributed by atoms with Gasteiger partial charge in [-0.2, -0.15) is 0 Å². The predicted octanol–water partition coefficient (Wildman–Crippen LogP) is 1.92. The normalized spacial score (nSPS) is 17.8. The van der Waals surface area contributed by atoms with Crippen LogP contribution in [0.1, 0.15) is 12.8 Å². The van der Waals surface area contributed by atoms with E-state index in [0.717, 1.165) is 37.4 Å². The third-order valence-electron chi connectivity index (χ3n) is 5.33. The van der Waals surface area contributed by atoms with E-state index in [9.17, 15) is 9.59 Å². The van der Waals surface area contributed by atoms with Gasteiger partial charge in [-0.25, -0.2) is 4.98 Å². The molecule has 2 saturated heterocycles. The Bertz CT molecular complexity index is 886. The number of amides is 2. The summed E-state index contributed by atoms with van der Waals surface area (Å²) >= 11 is 6.42. The highest BCUT2D eigenvalue weighted by Gasteiger charge is 2.26. The summed E-state index contributed by atoms with van der Waals surface area (Å²) in [5, 5.41) is 6.30. The smallest absolute Gasteiger partial charge is 0.239 e. The van der Waals surface area contributed by atoms with Crippen LogP contribution in [0.3, 0.4) is 0 Å². The van der Waals surface area contributed by atoms with E-state index >= 15 is 0 Å². The molecule has 0 bridgehead atoms. The van der Waals surface area contributed by atoms with E-state index < -0.39 is 0 Å². The first-order valence-electron chi connectivity index (χ1n) is 9.73. The summed E-state index contributed by atoms with van der Waals surface area (Å²) in [5.74, 6) is 0.787. The van der Waals surface area contributed by atoms with Crippen LogP contribution in [-0.4, -0.2) is 54.5 Å². The Morgan fingerprint density at radius 1 is 1.17 bits per heavy atom. The van der Waals surface area contributed by atoms with Crippen molar-refractivity contribution in [2.24, 2.45) is 5.92 Å². The van der Waals surface area contributed by atoms with Gasteiger partial charge in [-0.3, -0.25) is 14.6 Å². The van der Waals surface area contributed by atoms with Crippen LogP contribution in [0, 0.1) is 5.92 Å². The summed E-state index contributed by atoms with van der Waals surface area (Å²) in [6.07, 6.45) is 6.60. The minimum absolute atomic E-state index is 0.00460. The van der Waals surface area contributed by atoms with Gasteiger partial charge in [0, 0.05) is 50.2 Å². The second-order valence-corrected chi connectivity index (χ2v) is 7.66. The number of anilines is 3. The fourth-order valence-corrected chi connectivity index (χ4v) is 4.06. The molecule has 0 radical (unpaired) electrons. The second-order valence-electron chi connectivity index (χ2n) is 7.25. The maximum Gasteiger partial charge on any atom is 0.239 e. The Hall–Kier alpha value is -2.87. The highest BCUT2D eigenvalue weighted by Crippen LogP contribution is 2.30. The van der Waals surface area contributed by atoms with Gasteiger partial charge in [0.25, 0.3) is 0 Å². The van der Waals surface area contributed by atoms with Crippen molar-refractivity contribution in [1.29, 1.82) is 0 Å². The van der Waals surface area contributed by atoms with E-state index in [-0.39, 0.29) is 24.3 Å². The summed E-state index contributed by atoms with van der Waals surface area (Å²) < 4.78 is 0. The van der Waals surface area contributed by atoms with Crippen LogP contribution >= 0.6 is 11.6 Å². The fraction of sp³-hybridized carbons (Fsp3) is 0.400. The molecule has 9 heteroatoms. The maximum atomic E-state index is 12.7. The van der Waals surface area contributed by atoms with Crippen LogP contribution in [0.25, 0.3) is 0 Å². The van der Waals surface area contributed by atoms with Crippen LogP contribution in [0.15, 0.2) is 36.8 Å². The molecule has 2 aliphatic heterocycles. The number of hydrogen-bond donors (Lipinski definition) is 2. The van der Waals surface area contributed by atoms with Crippen LogP contribution < -0.4 is 20.4 Å². The van der Waals surface area contributed by atoms with Crippen molar-refractivity contribution in [3.05, 3.63) is 41.8 Å². The predicted molar refractivity (Wildman–Crippen MR) is 112 cm³/mol. The van der Waals surface area contributed by atoms with Gasteiger partial charge < -0.3 is 20.4 Å². The average molecular weight is 415 g/mol. The first-order chi connectivity index (χ1) is 14.1. The van der Waals surface area contributed by atoms with E-state index in [1.54, 1.807) is 24.7 Å². The number of piperazine rings is 1. The Morgan fingerprint density at radius 3 is 2.69 bits per heavy atom. The van der Waals surface area contributed by atoms with Gasteiger partial charge in [0.05, 0.1) is 23.5 Å². The van der Waals surface area contributed by atoms with Crippen molar-refractivity contribution in [3.63, 3.8) is 0 Å². The molecule has 4 rings (SSSR count). The number of benzene rings is 1. The zero-order valence-electron chi connectivity index (χ0n) is 16.0. The third kappa shape index (κ3) is 4.59. The van der Waals surface area contributed by atoms with Crippen molar-refractivity contribution in [3.8, 4) is 0 Å². The second kappa shape index (κ2) is 8.65. The first-order valence-corrected chi connectivity index (χ1v) is 10.1. The molecule has 0 spiro atoms. The van der Waals surface area contributed by atoms with Crippen LogP contribution in [-0.2, 0) is 9.59 Å². The Kier molecular flexibility index (Phi) is 5.80. The van der Waals surface area contributed by atoms with Crippen LogP contribution in [0.5, 0.6) is 0 Å². The standard InChI is InChI=1S/C20H23ClN6O2/c21-16-11-15(1-2-17(16)27-10-7-24-19(28)13-27)25-20(29)14-3-8-26(9-4-14)18-12-22-5-6-23-18/h1-2,5-6,11-12,14H,3-4,7-10,13H2,(H,24,28)(H,25,29). The number of rotatable bonds is 4. The summed E-state index contributed by atoms with van der Waals surface area (Å²) in [6, 6.07) is 5.43. The number of nitrogens with one attached hydrogen (secondary N) is 2. The summed E-state index contributed by atoms with van der Waals surface area (Å²) in [7, 11) is 0. The number of aromatic nitrogens is 2. The monoisotopic (exact) mass is 414 g/mol. The lowest BCUT2D eigenvalue weighted by Gasteiger charge is -2.32. The lowest BCUT2D eigenvalue weighted by molar-refractivity contribution is -0.121. The molecule has 8 nitrogen and oxygen atoms in total. The van der Waals surface area contributed by atoms with Gasteiger partial charge in [-0.1, -0.05) is 11.6 Å². The Morgan fingerprint density at radius 2 is 2.00 bits per heavy atom. The summed E-state index contributed by atoms with van der Waals surface area (Å²) in [4.78, 5) is 36.8. The van der Waals surface area contributed by atoms with Gasteiger partial charge in [-0.15, -0.1) is 0 Å². The molecule has 0 unspecified atom stereocenters. The Balaban J connectivity index is 1.34. The quantitative estimate of drug-likeness (QED) is 0.794. The average Bonchev–Trinajstić information content (AvgIpc) is 2.74. The molecule has 0 atom stereocenters. The third-order valence-corrected chi connectivity index (χ3v) is 5.64. The highest BCUT2D eigenvalue weighted by molar-refractivity contribution is 6.33. The fourth-order valence-electron chi connectivity index (χ4n) is 3.75. The van der Waals surface area contributed by atoms with Crippen LogP contribution in [0.2, 0.25) is 5.02 Å². The molecule has 29 heavy (non-hydrogen) atoms. The number of halogens is 1. The minimum Gasteiger partial charge on any atom is -0.359 e. The molecule has 0 aliphatic carbocycles. The van der Waals surface area contributed by atoms with Crippen molar-refractivity contribution in [2.75, 3.05) is 47.8 Å². The van der Waals surface area contributed by atoms with E-state index in [1.165, 1.54) is 0 Å². The topological polar surface area (TPSA) is 90.5 Å². The van der Waals surface area contributed by atoms with E-state index in [1.807, 2.05) is 17.0 Å². The summed E-state index contributed by atoms with van der Waals surface area (Å²) in [6.45, 7) is 3.14. The summed E-state index contributed by atoms with van der Waals surface area (Å²) in [5.41, 5.74) is 1.47. The number of carbonyl (C=O) groups is 2. The largest absolute Gasteiger partial charge is 0.359 e. The number of piperidine rings is 1. The maximum absolute atomic E-state index is 12.7. The molecule has 2 fully saturated rings. The molecule has 2 aromatic rings. The molecule has 0 saturated carbocycles.